The Kier molecular flexibility index (Phi) is 4.65. The topological polar surface area (TPSA) is 117 Å². The fraction of sp³-hybridized carbons (Fsp3) is 0.412. The van der Waals surface area contributed by atoms with Crippen LogP contribution in [-0.4, -0.2) is 44.3 Å². The summed E-state index contributed by atoms with van der Waals surface area (Å²) in [6.45, 7) is 0. The van der Waals surface area contributed by atoms with E-state index in [1.54, 1.807) is 4.90 Å². The number of carbonyl (C=O) groups is 2. The minimum absolute atomic E-state index is 0.0118. The number of hydrogen-bond acceptors (Lipinski definition) is 7. The number of anilines is 1. The number of thioether (sulfide) groups is 1. The number of nitrogens with zero attached hydrogens (tertiary/aromatic N) is 4. The van der Waals surface area contributed by atoms with Gasteiger partial charge in [-0.3, -0.25) is 24.6 Å². The number of carbonyl (C=O) groups excluding carboxylic acids is 2. The van der Waals surface area contributed by atoms with Gasteiger partial charge in [0.05, 0.1) is 16.4 Å². The molecule has 9 nitrogen and oxygen atoms in total. The van der Waals surface area contributed by atoms with E-state index in [0.29, 0.717) is 22.2 Å². The van der Waals surface area contributed by atoms with Crippen molar-refractivity contribution in [2.75, 3.05) is 11.1 Å². The Morgan fingerprint density at radius 3 is 2.70 bits per heavy atom. The fourth-order valence-corrected chi connectivity index (χ4v) is 4.47. The summed E-state index contributed by atoms with van der Waals surface area (Å²) >= 11 is 1.31. The molecule has 2 heterocycles. The smallest absolute Gasteiger partial charge is 0.276 e. The Labute approximate surface area is 159 Å². The lowest BCUT2D eigenvalue weighted by Crippen LogP contribution is -2.40. The number of amidine groups is 1. The number of fused-ring (bicyclic) bond motifs is 1. The van der Waals surface area contributed by atoms with Gasteiger partial charge in [-0.2, -0.15) is 0 Å². The van der Waals surface area contributed by atoms with E-state index in [-0.39, 0.29) is 23.3 Å². The summed E-state index contributed by atoms with van der Waals surface area (Å²) in [5, 5.41) is 22.4. The van der Waals surface area contributed by atoms with E-state index in [1.165, 1.54) is 36.4 Å². The first-order chi connectivity index (χ1) is 13.0. The Balaban J connectivity index is 1.65. The zero-order valence-electron chi connectivity index (χ0n) is 14.4. The van der Waals surface area contributed by atoms with E-state index >= 15 is 0 Å². The van der Waals surface area contributed by atoms with Crippen LogP contribution in [0.4, 0.5) is 11.4 Å². The van der Waals surface area contributed by atoms with E-state index in [2.05, 4.69) is 15.5 Å². The van der Waals surface area contributed by atoms with Crippen LogP contribution in [0.5, 0.6) is 0 Å². The Hall–Kier alpha value is -2.75. The van der Waals surface area contributed by atoms with Crippen LogP contribution < -0.4 is 5.32 Å². The lowest BCUT2D eigenvalue weighted by molar-refractivity contribution is -0.384. The van der Waals surface area contributed by atoms with Gasteiger partial charge in [0, 0.05) is 23.7 Å². The highest BCUT2D eigenvalue weighted by atomic mass is 32.2. The maximum Gasteiger partial charge on any atom is 0.276 e. The van der Waals surface area contributed by atoms with Crippen LogP contribution in [0.1, 0.15) is 37.7 Å². The fourth-order valence-electron chi connectivity index (χ4n) is 3.59. The second-order valence-corrected chi connectivity index (χ2v) is 7.56. The molecule has 1 saturated heterocycles. The first-order valence-electron chi connectivity index (χ1n) is 8.75. The molecule has 1 saturated carbocycles. The van der Waals surface area contributed by atoms with Crippen molar-refractivity contribution in [2.45, 2.75) is 38.1 Å². The predicted octanol–water partition coefficient (Wildman–Crippen LogP) is 2.52. The van der Waals surface area contributed by atoms with Gasteiger partial charge in [-0.05, 0) is 18.9 Å². The van der Waals surface area contributed by atoms with Crippen LogP contribution in [0, 0.1) is 10.1 Å². The molecule has 4 rings (SSSR count). The average Bonchev–Trinajstić information content (AvgIpc) is 3.19. The van der Waals surface area contributed by atoms with Crippen LogP contribution in [0.3, 0.4) is 0 Å². The molecule has 1 aliphatic carbocycles. The summed E-state index contributed by atoms with van der Waals surface area (Å²) in [6.07, 6.45) is 5.23. The largest absolute Gasteiger partial charge is 0.320 e. The molecule has 2 fully saturated rings. The van der Waals surface area contributed by atoms with E-state index in [4.69, 9.17) is 0 Å². The maximum atomic E-state index is 12.3. The lowest BCUT2D eigenvalue weighted by Gasteiger charge is -2.30. The Bertz CT molecular complexity index is 891. The van der Waals surface area contributed by atoms with Crippen molar-refractivity contribution in [1.29, 1.82) is 0 Å². The first-order valence-corrected chi connectivity index (χ1v) is 9.74. The summed E-state index contributed by atoms with van der Waals surface area (Å²) in [6, 6.07) is 4.23. The van der Waals surface area contributed by atoms with Gasteiger partial charge in [0.1, 0.15) is 0 Å². The molecule has 1 aromatic rings. The highest BCUT2D eigenvalue weighted by molar-refractivity contribution is 8.15. The van der Waals surface area contributed by atoms with E-state index < -0.39 is 10.8 Å². The van der Waals surface area contributed by atoms with Gasteiger partial charge in [0.15, 0.2) is 10.9 Å². The molecule has 3 aliphatic rings. The molecule has 0 radical (unpaired) electrons. The van der Waals surface area contributed by atoms with Crippen LogP contribution in [0.2, 0.25) is 0 Å². The average molecular weight is 387 g/mol. The van der Waals surface area contributed by atoms with Gasteiger partial charge in [-0.1, -0.05) is 31.0 Å². The minimum atomic E-state index is -0.525. The molecule has 1 aromatic carbocycles. The van der Waals surface area contributed by atoms with Gasteiger partial charge in [0.2, 0.25) is 5.91 Å². The molecular formula is C17H17N5O4S. The number of nitrogens with one attached hydrogen (secondary N) is 1. The molecule has 0 aromatic heterocycles. The Morgan fingerprint density at radius 2 is 1.96 bits per heavy atom. The third kappa shape index (κ3) is 3.32. The van der Waals surface area contributed by atoms with Crippen LogP contribution >= 0.6 is 11.8 Å². The summed E-state index contributed by atoms with van der Waals surface area (Å²) in [7, 11) is 0. The van der Waals surface area contributed by atoms with Gasteiger partial charge >= 0.3 is 0 Å². The molecule has 0 bridgehead atoms. The monoisotopic (exact) mass is 387 g/mol. The van der Waals surface area contributed by atoms with Crippen LogP contribution in [-0.2, 0) is 9.59 Å². The summed E-state index contributed by atoms with van der Waals surface area (Å²) in [5.74, 6) is -0.139. The molecule has 0 unspecified atom stereocenters. The molecular weight excluding hydrogens is 370 g/mol. The van der Waals surface area contributed by atoms with Gasteiger partial charge in [0.25, 0.3) is 11.6 Å². The normalized spacial score (nSPS) is 23.2. The molecule has 10 heteroatoms. The maximum absolute atomic E-state index is 12.3. The predicted molar refractivity (Wildman–Crippen MR) is 102 cm³/mol. The van der Waals surface area contributed by atoms with Crippen molar-refractivity contribution < 1.29 is 14.5 Å². The third-order valence-electron chi connectivity index (χ3n) is 4.91. The number of non-ortho nitro benzene ring substituents is 1. The number of benzene rings is 1. The lowest BCUT2D eigenvalue weighted by atomic mass is 9.94. The SMILES string of the molecule is O=C1Nc2ccc([N+](=O)[O-])cc2C1=N/N=C1/SCC(=O)N1C1CCCCC1. The molecule has 27 heavy (non-hydrogen) atoms. The number of nitro groups is 1. The first kappa shape index (κ1) is 17.7. The molecule has 0 atom stereocenters. The van der Waals surface area contributed by atoms with Gasteiger partial charge in [-0.15, -0.1) is 10.2 Å². The minimum Gasteiger partial charge on any atom is -0.320 e. The highest BCUT2D eigenvalue weighted by Crippen LogP contribution is 2.31. The van der Waals surface area contributed by atoms with Crippen molar-refractivity contribution in [3.8, 4) is 0 Å². The van der Waals surface area contributed by atoms with Crippen LogP contribution in [0.15, 0.2) is 28.4 Å². The second-order valence-electron chi connectivity index (χ2n) is 6.62. The van der Waals surface area contributed by atoms with Gasteiger partial charge in [-0.25, -0.2) is 0 Å². The van der Waals surface area contributed by atoms with Gasteiger partial charge < -0.3 is 5.32 Å². The number of rotatable bonds is 3. The van der Waals surface area contributed by atoms with Crippen molar-refractivity contribution in [2.24, 2.45) is 10.2 Å². The van der Waals surface area contributed by atoms with Crippen molar-refractivity contribution in [3.63, 3.8) is 0 Å². The Morgan fingerprint density at radius 1 is 1.19 bits per heavy atom. The van der Waals surface area contributed by atoms with E-state index in [1.807, 2.05) is 0 Å². The van der Waals surface area contributed by atoms with Crippen molar-refractivity contribution in [1.82, 2.24) is 4.90 Å². The summed E-state index contributed by atoms with van der Waals surface area (Å²) < 4.78 is 0. The summed E-state index contributed by atoms with van der Waals surface area (Å²) in [4.78, 5) is 36.7. The standard InChI is InChI=1S/C17H17N5O4S/c23-14-9-27-17(21(14)10-4-2-1-3-5-10)20-19-15-12-8-11(22(25)26)6-7-13(12)18-16(15)24/h6-8,10H,1-5,9H2,(H,18,19,24)/b20-17+. The third-order valence-corrected chi connectivity index (χ3v) is 5.84. The van der Waals surface area contributed by atoms with Crippen LogP contribution in [0.25, 0.3) is 0 Å². The quantitative estimate of drug-likeness (QED) is 0.632. The molecule has 2 aliphatic heterocycles. The highest BCUT2D eigenvalue weighted by Gasteiger charge is 2.35. The van der Waals surface area contributed by atoms with E-state index in [0.717, 1.165) is 25.7 Å². The number of nitro benzene ring substituents is 1. The second kappa shape index (κ2) is 7.10. The van der Waals surface area contributed by atoms with Crippen molar-refractivity contribution in [3.05, 3.63) is 33.9 Å². The van der Waals surface area contributed by atoms with E-state index in [9.17, 15) is 19.7 Å². The molecule has 2 amide bonds. The molecule has 140 valence electrons. The zero-order valence-corrected chi connectivity index (χ0v) is 15.2. The summed E-state index contributed by atoms with van der Waals surface area (Å²) in [5.41, 5.74) is 0.700. The molecule has 0 spiro atoms. The van der Waals surface area contributed by atoms with Crippen molar-refractivity contribution >= 4 is 45.8 Å². The number of amides is 2. The number of hydrogen-bond donors (Lipinski definition) is 1. The zero-order chi connectivity index (χ0) is 19.0. The molecule has 1 N–H and O–H groups in total.